The van der Waals surface area contributed by atoms with Gasteiger partial charge < -0.3 is 5.32 Å². The van der Waals surface area contributed by atoms with Crippen LogP contribution in [0, 0.1) is 19.7 Å². The number of benzene rings is 2. The SMILES string of the molecule is CNC(c1cc(Cl)cc(Cl)c1)c1cc(C)c(F)c(C)c1. The van der Waals surface area contributed by atoms with Crippen LogP contribution in [0.15, 0.2) is 30.3 Å². The number of rotatable bonds is 3. The van der Waals surface area contributed by atoms with Crippen LogP contribution in [0.2, 0.25) is 10.0 Å². The van der Waals surface area contributed by atoms with Gasteiger partial charge in [-0.15, -0.1) is 0 Å². The van der Waals surface area contributed by atoms with Crippen molar-refractivity contribution in [3.8, 4) is 0 Å². The van der Waals surface area contributed by atoms with Gasteiger partial charge in [-0.1, -0.05) is 35.3 Å². The lowest BCUT2D eigenvalue weighted by molar-refractivity contribution is 0.604. The van der Waals surface area contributed by atoms with E-state index in [-0.39, 0.29) is 11.9 Å². The van der Waals surface area contributed by atoms with E-state index in [9.17, 15) is 4.39 Å². The Bertz CT molecular complexity index is 597. The van der Waals surface area contributed by atoms with E-state index in [1.165, 1.54) is 0 Å². The van der Waals surface area contributed by atoms with Gasteiger partial charge in [-0.2, -0.15) is 0 Å². The van der Waals surface area contributed by atoms with Crippen molar-refractivity contribution in [3.63, 3.8) is 0 Å². The van der Waals surface area contributed by atoms with Crippen LogP contribution in [-0.4, -0.2) is 7.05 Å². The standard InChI is InChI=1S/C16H16Cl2FN/c1-9-4-11(5-10(2)15(9)19)16(20-3)12-6-13(17)8-14(18)7-12/h4-8,16,20H,1-3H3. The summed E-state index contributed by atoms with van der Waals surface area (Å²) in [5.74, 6) is -0.160. The Morgan fingerprint density at radius 2 is 1.35 bits per heavy atom. The van der Waals surface area contributed by atoms with Crippen molar-refractivity contribution in [2.24, 2.45) is 0 Å². The second-order valence-electron chi connectivity index (χ2n) is 4.89. The highest BCUT2D eigenvalue weighted by Gasteiger charge is 2.16. The van der Waals surface area contributed by atoms with Crippen molar-refractivity contribution in [1.82, 2.24) is 5.32 Å². The molecule has 0 spiro atoms. The van der Waals surface area contributed by atoms with Gasteiger partial charge in [-0.3, -0.25) is 0 Å². The zero-order valence-electron chi connectivity index (χ0n) is 11.6. The van der Waals surface area contributed by atoms with Gasteiger partial charge in [-0.05, 0) is 61.3 Å². The van der Waals surface area contributed by atoms with E-state index >= 15 is 0 Å². The Morgan fingerprint density at radius 1 is 0.900 bits per heavy atom. The number of hydrogen-bond donors (Lipinski definition) is 1. The second kappa shape index (κ2) is 6.13. The summed E-state index contributed by atoms with van der Waals surface area (Å²) in [6.45, 7) is 3.53. The van der Waals surface area contributed by atoms with E-state index in [1.54, 1.807) is 19.9 Å². The first-order chi connectivity index (χ1) is 9.42. The average molecular weight is 312 g/mol. The van der Waals surface area contributed by atoms with Crippen LogP contribution in [-0.2, 0) is 0 Å². The van der Waals surface area contributed by atoms with Crippen molar-refractivity contribution in [2.45, 2.75) is 19.9 Å². The molecule has 2 aromatic rings. The normalized spacial score (nSPS) is 12.5. The molecule has 0 aliphatic rings. The highest BCUT2D eigenvalue weighted by atomic mass is 35.5. The van der Waals surface area contributed by atoms with Crippen molar-refractivity contribution in [3.05, 3.63) is 68.4 Å². The number of nitrogens with one attached hydrogen (secondary N) is 1. The smallest absolute Gasteiger partial charge is 0.129 e. The molecular formula is C16H16Cl2FN. The van der Waals surface area contributed by atoms with E-state index in [0.29, 0.717) is 21.2 Å². The highest BCUT2D eigenvalue weighted by molar-refractivity contribution is 6.34. The molecule has 0 aliphatic carbocycles. The van der Waals surface area contributed by atoms with E-state index in [2.05, 4.69) is 5.32 Å². The van der Waals surface area contributed by atoms with Gasteiger partial charge in [0.05, 0.1) is 6.04 Å². The number of halogens is 3. The van der Waals surface area contributed by atoms with Crippen LogP contribution in [0.3, 0.4) is 0 Å². The van der Waals surface area contributed by atoms with Crippen LogP contribution in [0.1, 0.15) is 28.3 Å². The third-order valence-electron chi connectivity index (χ3n) is 3.30. The third kappa shape index (κ3) is 3.14. The molecule has 0 heterocycles. The van der Waals surface area contributed by atoms with Crippen LogP contribution < -0.4 is 5.32 Å². The summed E-state index contributed by atoms with van der Waals surface area (Å²) in [5, 5.41) is 4.40. The third-order valence-corrected chi connectivity index (χ3v) is 3.74. The van der Waals surface area contributed by atoms with Crippen molar-refractivity contribution in [2.75, 3.05) is 7.05 Å². The lowest BCUT2D eigenvalue weighted by Gasteiger charge is -2.19. The maximum Gasteiger partial charge on any atom is 0.129 e. The van der Waals surface area contributed by atoms with Crippen LogP contribution in [0.25, 0.3) is 0 Å². The molecule has 4 heteroatoms. The Balaban J connectivity index is 2.52. The fourth-order valence-corrected chi connectivity index (χ4v) is 2.96. The molecule has 1 unspecified atom stereocenters. The Kier molecular flexibility index (Phi) is 4.69. The second-order valence-corrected chi connectivity index (χ2v) is 5.77. The van der Waals surface area contributed by atoms with E-state index in [1.807, 2.05) is 31.3 Å². The largest absolute Gasteiger partial charge is 0.309 e. The first-order valence-electron chi connectivity index (χ1n) is 6.32. The van der Waals surface area contributed by atoms with E-state index < -0.39 is 0 Å². The quantitative estimate of drug-likeness (QED) is 0.835. The topological polar surface area (TPSA) is 12.0 Å². The van der Waals surface area contributed by atoms with Crippen LogP contribution in [0.4, 0.5) is 4.39 Å². The minimum atomic E-state index is -0.160. The molecule has 0 saturated heterocycles. The number of hydrogen-bond acceptors (Lipinski definition) is 1. The molecule has 0 aromatic heterocycles. The zero-order chi connectivity index (χ0) is 14.9. The Hall–Kier alpha value is -1.09. The maximum atomic E-state index is 13.7. The molecule has 0 saturated carbocycles. The summed E-state index contributed by atoms with van der Waals surface area (Å²) in [7, 11) is 1.85. The van der Waals surface area contributed by atoms with Gasteiger partial charge in [-0.25, -0.2) is 4.39 Å². The van der Waals surface area contributed by atoms with Gasteiger partial charge in [0.2, 0.25) is 0 Å². The molecule has 2 aromatic carbocycles. The summed E-state index contributed by atoms with van der Waals surface area (Å²) >= 11 is 12.1. The molecule has 0 amide bonds. The summed E-state index contributed by atoms with van der Waals surface area (Å²) in [6.07, 6.45) is 0. The Labute approximate surface area is 128 Å². The lowest BCUT2D eigenvalue weighted by atomic mass is 9.95. The fourth-order valence-electron chi connectivity index (χ4n) is 2.41. The molecular weight excluding hydrogens is 296 g/mol. The van der Waals surface area contributed by atoms with Crippen molar-refractivity contribution >= 4 is 23.2 Å². The molecule has 1 nitrogen and oxygen atoms in total. The van der Waals surface area contributed by atoms with Gasteiger partial charge in [0.25, 0.3) is 0 Å². The van der Waals surface area contributed by atoms with Gasteiger partial charge >= 0.3 is 0 Å². The number of aryl methyl sites for hydroxylation is 2. The highest BCUT2D eigenvalue weighted by Crippen LogP contribution is 2.29. The Morgan fingerprint density at radius 3 is 1.80 bits per heavy atom. The van der Waals surface area contributed by atoms with Gasteiger partial charge in [0, 0.05) is 10.0 Å². The molecule has 20 heavy (non-hydrogen) atoms. The molecule has 2 rings (SSSR count). The minimum absolute atomic E-state index is 0.0794. The van der Waals surface area contributed by atoms with Gasteiger partial charge in [0.15, 0.2) is 0 Å². The first kappa shape index (κ1) is 15.3. The predicted molar refractivity (Wildman–Crippen MR) is 83.2 cm³/mol. The van der Waals surface area contributed by atoms with Crippen molar-refractivity contribution in [1.29, 1.82) is 0 Å². The van der Waals surface area contributed by atoms with E-state index in [0.717, 1.165) is 11.1 Å². The molecule has 0 bridgehead atoms. The zero-order valence-corrected chi connectivity index (χ0v) is 13.1. The van der Waals surface area contributed by atoms with Crippen LogP contribution in [0.5, 0.6) is 0 Å². The molecule has 0 fully saturated rings. The van der Waals surface area contributed by atoms with Crippen LogP contribution >= 0.6 is 23.2 Å². The van der Waals surface area contributed by atoms with Crippen molar-refractivity contribution < 1.29 is 4.39 Å². The van der Waals surface area contributed by atoms with Gasteiger partial charge in [0.1, 0.15) is 5.82 Å². The summed E-state index contributed by atoms with van der Waals surface area (Å²) in [5.41, 5.74) is 3.21. The summed E-state index contributed by atoms with van der Waals surface area (Å²) in [4.78, 5) is 0. The fraction of sp³-hybridized carbons (Fsp3) is 0.250. The molecule has 106 valence electrons. The first-order valence-corrected chi connectivity index (χ1v) is 7.08. The van der Waals surface area contributed by atoms with E-state index in [4.69, 9.17) is 23.2 Å². The molecule has 1 N–H and O–H groups in total. The lowest BCUT2D eigenvalue weighted by Crippen LogP contribution is -2.18. The summed E-state index contributed by atoms with van der Waals surface area (Å²) in [6, 6.07) is 9.03. The monoisotopic (exact) mass is 311 g/mol. The molecule has 1 atom stereocenters. The predicted octanol–water partition coefficient (Wildman–Crippen LogP) is 5.06. The maximum absolute atomic E-state index is 13.7. The average Bonchev–Trinajstić information content (AvgIpc) is 2.35. The minimum Gasteiger partial charge on any atom is -0.309 e. The summed E-state index contributed by atoms with van der Waals surface area (Å²) < 4.78 is 13.7. The molecule has 0 radical (unpaired) electrons. The molecule has 0 aliphatic heterocycles.